The van der Waals surface area contributed by atoms with E-state index in [2.05, 4.69) is 61.5 Å². The van der Waals surface area contributed by atoms with Gasteiger partial charge in [-0.25, -0.2) is 4.98 Å². The monoisotopic (exact) mass is 465 g/mol. The molecule has 0 aliphatic rings. The maximum atomic E-state index is 4.83. The van der Waals surface area contributed by atoms with Crippen LogP contribution in [-0.4, -0.2) is 24.7 Å². The SMILES string of the molecule is c1ccc(-c2nc(CSc3nnc(-c4c[nH]c5ccccc45)n3-c3ccccc3)cs2)cc1. The fourth-order valence-corrected chi connectivity index (χ4v) is 5.61. The smallest absolute Gasteiger partial charge is 0.196 e. The number of hydrogen-bond acceptors (Lipinski definition) is 5. The Bertz CT molecular complexity index is 1520. The Balaban J connectivity index is 1.35. The number of H-pyrrole nitrogens is 1. The first-order valence-corrected chi connectivity index (χ1v) is 12.4. The number of nitrogens with one attached hydrogen (secondary N) is 1. The third kappa shape index (κ3) is 3.86. The Hall–Kier alpha value is -3.68. The van der Waals surface area contributed by atoms with Crippen LogP contribution in [-0.2, 0) is 5.75 Å². The number of hydrogen-bond donors (Lipinski definition) is 1. The summed E-state index contributed by atoms with van der Waals surface area (Å²) in [7, 11) is 0. The van der Waals surface area contributed by atoms with Gasteiger partial charge in [0.15, 0.2) is 11.0 Å². The highest BCUT2D eigenvalue weighted by Crippen LogP contribution is 2.34. The van der Waals surface area contributed by atoms with E-state index in [9.17, 15) is 0 Å². The van der Waals surface area contributed by atoms with Crippen molar-refractivity contribution in [3.05, 3.63) is 102 Å². The number of fused-ring (bicyclic) bond motifs is 1. The van der Waals surface area contributed by atoms with Crippen LogP contribution in [0.3, 0.4) is 0 Å². The Kier molecular flexibility index (Phi) is 5.26. The summed E-state index contributed by atoms with van der Waals surface area (Å²) in [5.74, 6) is 1.55. The molecule has 0 bridgehead atoms. The molecule has 0 fully saturated rings. The van der Waals surface area contributed by atoms with E-state index in [4.69, 9.17) is 4.98 Å². The van der Waals surface area contributed by atoms with Crippen molar-refractivity contribution in [2.75, 3.05) is 0 Å². The molecule has 0 amide bonds. The number of nitrogens with zero attached hydrogens (tertiary/aromatic N) is 4. The molecule has 3 heterocycles. The molecular weight excluding hydrogens is 446 g/mol. The minimum absolute atomic E-state index is 0.724. The van der Waals surface area contributed by atoms with Crippen molar-refractivity contribution in [2.24, 2.45) is 0 Å². The second-order valence-corrected chi connectivity index (χ2v) is 9.32. The second-order valence-electron chi connectivity index (χ2n) is 7.52. The zero-order valence-electron chi connectivity index (χ0n) is 17.6. The zero-order chi connectivity index (χ0) is 22.0. The molecule has 0 saturated carbocycles. The lowest BCUT2D eigenvalue weighted by molar-refractivity contribution is 0.885. The van der Waals surface area contributed by atoms with Crippen LogP contribution in [0.1, 0.15) is 5.69 Å². The first-order chi connectivity index (χ1) is 16.4. The van der Waals surface area contributed by atoms with Crippen LogP contribution in [0.2, 0.25) is 0 Å². The highest BCUT2D eigenvalue weighted by molar-refractivity contribution is 7.98. The fraction of sp³-hybridized carbons (Fsp3) is 0.0385. The second kappa shape index (κ2) is 8.69. The molecule has 0 unspecified atom stereocenters. The average molecular weight is 466 g/mol. The molecule has 0 aliphatic heterocycles. The zero-order valence-corrected chi connectivity index (χ0v) is 19.2. The van der Waals surface area contributed by atoms with E-state index in [-0.39, 0.29) is 0 Å². The lowest BCUT2D eigenvalue weighted by Gasteiger charge is -2.09. The normalized spacial score (nSPS) is 11.3. The van der Waals surface area contributed by atoms with E-state index in [1.165, 1.54) is 0 Å². The third-order valence-electron chi connectivity index (χ3n) is 5.40. The fourth-order valence-electron chi connectivity index (χ4n) is 3.83. The van der Waals surface area contributed by atoms with Crippen LogP contribution in [0.15, 0.2) is 102 Å². The van der Waals surface area contributed by atoms with E-state index in [0.717, 1.165) is 55.2 Å². The van der Waals surface area contributed by atoms with Crippen LogP contribution in [0, 0.1) is 0 Å². The van der Waals surface area contributed by atoms with E-state index in [1.54, 1.807) is 23.1 Å². The summed E-state index contributed by atoms with van der Waals surface area (Å²) in [4.78, 5) is 8.19. The van der Waals surface area contributed by atoms with Crippen molar-refractivity contribution in [3.8, 4) is 27.6 Å². The topological polar surface area (TPSA) is 59.4 Å². The molecule has 160 valence electrons. The standard InChI is InChI=1S/C26H19N5S2/c1-3-9-18(10-4-1)25-28-19(16-32-25)17-33-26-30-29-24(31(26)20-11-5-2-6-12-20)22-15-27-23-14-8-7-13-21(22)23/h1-16,27H,17H2. The number of para-hydroxylation sites is 2. The predicted octanol–water partition coefficient (Wildman–Crippen LogP) is 6.83. The number of benzene rings is 3. The van der Waals surface area contributed by atoms with Gasteiger partial charge in [0.05, 0.1) is 5.69 Å². The van der Waals surface area contributed by atoms with Gasteiger partial charge in [0.1, 0.15) is 5.01 Å². The van der Waals surface area contributed by atoms with Crippen molar-refractivity contribution in [3.63, 3.8) is 0 Å². The van der Waals surface area contributed by atoms with Gasteiger partial charge in [-0.05, 0) is 18.2 Å². The minimum atomic E-state index is 0.724. The Morgan fingerprint density at radius 3 is 2.45 bits per heavy atom. The van der Waals surface area contributed by atoms with Crippen molar-refractivity contribution in [2.45, 2.75) is 10.9 Å². The minimum Gasteiger partial charge on any atom is -0.360 e. The average Bonchev–Trinajstić information content (AvgIpc) is 3.61. The first-order valence-electron chi connectivity index (χ1n) is 10.6. The van der Waals surface area contributed by atoms with Gasteiger partial charge >= 0.3 is 0 Å². The lowest BCUT2D eigenvalue weighted by Crippen LogP contribution is -1.99. The van der Waals surface area contributed by atoms with Gasteiger partial charge in [0.2, 0.25) is 0 Å². The Labute approximate surface area is 199 Å². The molecule has 6 aromatic rings. The Morgan fingerprint density at radius 2 is 1.61 bits per heavy atom. The summed E-state index contributed by atoms with van der Waals surface area (Å²) >= 11 is 3.32. The molecule has 33 heavy (non-hydrogen) atoms. The molecule has 0 aliphatic carbocycles. The first kappa shape index (κ1) is 20.0. The number of aromatic nitrogens is 5. The molecule has 0 saturated heterocycles. The van der Waals surface area contributed by atoms with E-state index >= 15 is 0 Å². The van der Waals surface area contributed by atoms with Crippen molar-refractivity contribution in [1.82, 2.24) is 24.7 Å². The van der Waals surface area contributed by atoms with Gasteiger partial charge < -0.3 is 4.98 Å². The number of rotatable bonds is 6. The van der Waals surface area contributed by atoms with Crippen LogP contribution < -0.4 is 0 Å². The quantitative estimate of drug-likeness (QED) is 0.274. The highest BCUT2D eigenvalue weighted by atomic mass is 32.2. The van der Waals surface area contributed by atoms with Gasteiger partial charge in [0, 0.05) is 45.0 Å². The number of thiazole rings is 1. The molecule has 1 N–H and O–H groups in total. The van der Waals surface area contributed by atoms with Crippen LogP contribution >= 0.6 is 23.1 Å². The van der Waals surface area contributed by atoms with Crippen molar-refractivity contribution >= 4 is 34.0 Å². The molecule has 7 heteroatoms. The van der Waals surface area contributed by atoms with E-state index < -0.39 is 0 Å². The van der Waals surface area contributed by atoms with E-state index in [0.29, 0.717) is 0 Å². The van der Waals surface area contributed by atoms with Gasteiger partial charge in [-0.1, -0.05) is 78.5 Å². The van der Waals surface area contributed by atoms with Crippen molar-refractivity contribution in [1.29, 1.82) is 0 Å². The molecule has 0 radical (unpaired) electrons. The van der Waals surface area contributed by atoms with Gasteiger partial charge in [-0.15, -0.1) is 21.5 Å². The summed E-state index contributed by atoms with van der Waals surface area (Å²) < 4.78 is 2.13. The summed E-state index contributed by atoms with van der Waals surface area (Å²) in [5.41, 5.74) is 5.34. The molecule has 3 aromatic heterocycles. The Morgan fingerprint density at radius 1 is 0.848 bits per heavy atom. The van der Waals surface area contributed by atoms with E-state index in [1.807, 2.05) is 54.7 Å². The molecule has 5 nitrogen and oxygen atoms in total. The van der Waals surface area contributed by atoms with Gasteiger partial charge in [0.25, 0.3) is 0 Å². The van der Waals surface area contributed by atoms with Crippen LogP contribution in [0.25, 0.3) is 38.5 Å². The predicted molar refractivity (Wildman–Crippen MR) is 136 cm³/mol. The third-order valence-corrected chi connectivity index (χ3v) is 7.30. The summed E-state index contributed by atoms with van der Waals surface area (Å²) in [6, 6.07) is 28.8. The van der Waals surface area contributed by atoms with Gasteiger partial charge in [-0.2, -0.15) is 0 Å². The summed E-state index contributed by atoms with van der Waals surface area (Å²) in [5, 5.41) is 14.3. The molecular formula is C26H19N5S2. The summed E-state index contributed by atoms with van der Waals surface area (Å²) in [6.07, 6.45) is 2.01. The largest absolute Gasteiger partial charge is 0.360 e. The van der Waals surface area contributed by atoms with Crippen LogP contribution in [0.5, 0.6) is 0 Å². The maximum Gasteiger partial charge on any atom is 0.196 e. The molecule has 0 atom stereocenters. The van der Waals surface area contributed by atoms with Crippen LogP contribution in [0.4, 0.5) is 0 Å². The number of thioether (sulfide) groups is 1. The highest BCUT2D eigenvalue weighted by Gasteiger charge is 2.19. The molecule has 3 aromatic carbocycles. The molecule has 6 rings (SSSR count). The van der Waals surface area contributed by atoms with Crippen molar-refractivity contribution < 1.29 is 0 Å². The maximum absolute atomic E-state index is 4.83. The van der Waals surface area contributed by atoms with Gasteiger partial charge in [-0.3, -0.25) is 4.57 Å². The molecule has 0 spiro atoms. The lowest BCUT2D eigenvalue weighted by atomic mass is 10.1. The number of aromatic amines is 1. The summed E-state index contributed by atoms with van der Waals surface area (Å²) in [6.45, 7) is 0.